The van der Waals surface area contributed by atoms with Gasteiger partial charge in [-0.2, -0.15) is 0 Å². The first kappa shape index (κ1) is 28.5. The number of aryl methyl sites for hydroxylation is 1. The van der Waals surface area contributed by atoms with Gasteiger partial charge in [0.15, 0.2) is 0 Å². The lowest BCUT2D eigenvalue weighted by molar-refractivity contribution is -0.130. The molecule has 1 saturated carbocycles. The first-order valence-electron chi connectivity index (χ1n) is 15.0. The van der Waals surface area contributed by atoms with Crippen LogP contribution in [-0.4, -0.2) is 59.1 Å². The second-order valence-electron chi connectivity index (χ2n) is 11.7. The maximum atomic E-state index is 13.7. The predicted octanol–water partition coefficient (Wildman–Crippen LogP) is 6.83. The van der Waals surface area contributed by atoms with Crippen LogP contribution in [0, 0.1) is 19.7 Å². The molecule has 0 aromatic heterocycles. The zero-order chi connectivity index (χ0) is 29.2. The third-order valence-corrected chi connectivity index (χ3v) is 10.4. The van der Waals surface area contributed by atoms with Crippen LogP contribution in [-0.2, 0) is 11.3 Å². The van der Waals surface area contributed by atoms with E-state index in [9.17, 15) is 14.0 Å². The van der Waals surface area contributed by atoms with E-state index < -0.39 is 0 Å². The summed E-state index contributed by atoms with van der Waals surface area (Å²) < 4.78 is 13.5. The quantitative estimate of drug-likeness (QED) is 0.309. The highest BCUT2D eigenvalue weighted by Gasteiger charge is 2.40. The Labute approximate surface area is 252 Å². The number of carbonyl (C=O) groups excluding carboxylic acids is 2. The molecule has 0 N–H and O–H groups in total. The first-order chi connectivity index (χ1) is 20.4. The second-order valence-corrected chi connectivity index (χ2v) is 13.0. The largest absolute Gasteiger partial charge is 0.368 e. The summed E-state index contributed by atoms with van der Waals surface area (Å²) in [6.45, 7) is 7.80. The van der Waals surface area contributed by atoms with Crippen LogP contribution in [0.1, 0.15) is 58.3 Å². The Hall–Kier alpha value is -3.58. The van der Waals surface area contributed by atoms with Gasteiger partial charge in [-0.3, -0.25) is 9.59 Å². The van der Waals surface area contributed by atoms with Crippen molar-refractivity contribution >= 4 is 35.3 Å². The maximum absolute atomic E-state index is 13.7. The molecule has 218 valence electrons. The number of fused-ring (bicyclic) bond motifs is 1. The van der Waals surface area contributed by atoms with Crippen molar-refractivity contribution in [2.45, 2.75) is 57.4 Å². The average molecular weight is 584 g/mol. The lowest BCUT2D eigenvalue weighted by atomic mass is 9.92. The number of hydrogen-bond acceptors (Lipinski definition) is 4. The highest BCUT2D eigenvalue weighted by atomic mass is 32.2. The molecule has 0 spiro atoms. The van der Waals surface area contributed by atoms with Crippen LogP contribution in [0.2, 0.25) is 0 Å². The van der Waals surface area contributed by atoms with Crippen LogP contribution in [0.25, 0.3) is 6.08 Å². The van der Waals surface area contributed by atoms with Gasteiger partial charge in [0.05, 0.1) is 4.91 Å². The van der Waals surface area contributed by atoms with E-state index in [1.807, 2.05) is 40.1 Å². The molecule has 7 heteroatoms. The van der Waals surface area contributed by atoms with Gasteiger partial charge in [0.25, 0.3) is 11.8 Å². The van der Waals surface area contributed by atoms with Gasteiger partial charge in [-0.15, -0.1) is 11.8 Å². The summed E-state index contributed by atoms with van der Waals surface area (Å²) in [6, 6.07) is 20.7. The van der Waals surface area contributed by atoms with Crippen LogP contribution >= 0.6 is 11.8 Å². The molecule has 6 rings (SSSR count). The Kier molecular flexibility index (Phi) is 8.38. The number of carbonyl (C=O) groups is 2. The van der Waals surface area contributed by atoms with Gasteiger partial charge >= 0.3 is 0 Å². The van der Waals surface area contributed by atoms with Crippen molar-refractivity contribution in [1.29, 1.82) is 0 Å². The Morgan fingerprint density at radius 1 is 0.929 bits per heavy atom. The summed E-state index contributed by atoms with van der Waals surface area (Å²) in [5.41, 5.74) is 6.37. The van der Waals surface area contributed by atoms with Crippen molar-refractivity contribution in [3.8, 4) is 0 Å². The zero-order valence-corrected chi connectivity index (χ0v) is 25.2. The van der Waals surface area contributed by atoms with Crippen molar-refractivity contribution in [3.63, 3.8) is 0 Å². The van der Waals surface area contributed by atoms with Crippen molar-refractivity contribution < 1.29 is 14.0 Å². The molecule has 42 heavy (non-hydrogen) atoms. The predicted molar refractivity (Wildman–Crippen MR) is 169 cm³/mol. The average Bonchev–Trinajstić information content (AvgIpc) is 3.02. The third kappa shape index (κ3) is 5.98. The fourth-order valence-electron chi connectivity index (χ4n) is 6.43. The van der Waals surface area contributed by atoms with Crippen LogP contribution in [0.4, 0.5) is 10.1 Å². The summed E-state index contributed by atoms with van der Waals surface area (Å²) in [6.07, 6.45) is 6.37. The number of thioether (sulfide) groups is 1. The van der Waals surface area contributed by atoms with Crippen LogP contribution in [0.5, 0.6) is 0 Å². The van der Waals surface area contributed by atoms with E-state index in [0.717, 1.165) is 48.4 Å². The minimum Gasteiger partial charge on any atom is -0.368 e. The number of nitrogens with zero attached hydrogens (tertiary/aromatic N) is 3. The Balaban J connectivity index is 1.13. The number of halogens is 1. The van der Waals surface area contributed by atoms with Crippen LogP contribution < -0.4 is 4.90 Å². The molecule has 1 aliphatic carbocycles. The minimum absolute atomic E-state index is 0.0364. The topological polar surface area (TPSA) is 43.9 Å². The fraction of sp³-hybridized carbons (Fsp3) is 0.371. The van der Waals surface area contributed by atoms with Crippen molar-refractivity contribution in [2.75, 3.05) is 31.1 Å². The number of anilines is 1. The summed E-state index contributed by atoms with van der Waals surface area (Å²) in [4.78, 5) is 34.1. The molecule has 3 aliphatic rings. The Morgan fingerprint density at radius 2 is 1.64 bits per heavy atom. The van der Waals surface area contributed by atoms with Gasteiger partial charge in [-0.1, -0.05) is 49.2 Å². The van der Waals surface area contributed by atoms with E-state index in [0.29, 0.717) is 30.4 Å². The maximum Gasteiger partial charge on any atom is 0.260 e. The smallest absolute Gasteiger partial charge is 0.260 e. The molecule has 0 bridgehead atoms. The summed E-state index contributed by atoms with van der Waals surface area (Å²) in [5, 5.41) is 0.367. The van der Waals surface area contributed by atoms with E-state index in [-0.39, 0.29) is 23.7 Å². The summed E-state index contributed by atoms with van der Waals surface area (Å²) >= 11 is 1.70. The standard InChI is InChI=1S/C35H38FN3O2S/c1-24-6-5-8-30(25(24)2)37-18-20-38(21-19-37)34(40)28-14-10-26(11-15-28)22-33-35(41)39(23-27-12-16-29(36)17-13-27)31-7-3-4-9-32(31)42-33/h5-6,8,10-17,22,31-32H,3-4,7,9,18-21,23H2,1-2H3/b33-22-. The molecule has 2 heterocycles. The number of amides is 2. The minimum atomic E-state index is -0.267. The fourth-order valence-corrected chi connectivity index (χ4v) is 7.91. The van der Waals surface area contributed by atoms with Gasteiger partial charge in [0, 0.05) is 55.3 Å². The van der Waals surface area contributed by atoms with Crippen molar-refractivity contribution in [2.24, 2.45) is 0 Å². The molecule has 2 atom stereocenters. The highest BCUT2D eigenvalue weighted by Crippen LogP contribution is 2.42. The van der Waals surface area contributed by atoms with E-state index in [4.69, 9.17) is 0 Å². The molecule has 2 saturated heterocycles. The van der Waals surface area contributed by atoms with Gasteiger partial charge < -0.3 is 14.7 Å². The Bertz CT molecular complexity index is 1480. The van der Waals surface area contributed by atoms with Crippen molar-refractivity contribution in [1.82, 2.24) is 9.80 Å². The molecular weight excluding hydrogens is 545 g/mol. The molecule has 3 aromatic rings. The molecular formula is C35H38FN3O2S. The third-order valence-electron chi connectivity index (χ3n) is 9.02. The summed E-state index contributed by atoms with van der Waals surface area (Å²) in [7, 11) is 0. The first-order valence-corrected chi connectivity index (χ1v) is 15.9. The van der Waals surface area contributed by atoms with Gasteiger partial charge in [-0.05, 0) is 85.4 Å². The molecule has 2 unspecified atom stereocenters. The summed E-state index contributed by atoms with van der Waals surface area (Å²) in [5.74, 6) is -0.181. The highest BCUT2D eigenvalue weighted by molar-refractivity contribution is 8.04. The molecule has 5 nitrogen and oxygen atoms in total. The number of piperazine rings is 1. The normalized spacial score (nSPS) is 21.9. The number of rotatable bonds is 5. The molecule has 2 aliphatic heterocycles. The number of benzene rings is 3. The van der Waals surface area contributed by atoms with Gasteiger partial charge in [0.1, 0.15) is 5.82 Å². The molecule has 2 amide bonds. The molecule has 3 fully saturated rings. The van der Waals surface area contributed by atoms with Gasteiger partial charge in [0.2, 0.25) is 0 Å². The van der Waals surface area contributed by atoms with Crippen molar-refractivity contribution in [3.05, 3.63) is 105 Å². The van der Waals surface area contributed by atoms with E-state index in [1.54, 1.807) is 23.9 Å². The molecule has 3 aromatic carbocycles. The van der Waals surface area contributed by atoms with Gasteiger partial charge in [-0.25, -0.2) is 4.39 Å². The zero-order valence-electron chi connectivity index (χ0n) is 24.4. The SMILES string of the molecule is Cc1cccc(N2CCN(C(=O)c3ccc(/C=C4\SC5CCCCC5N(Cc5ccc(F)cc5)C4=O)cc3)CC2)c1C. The Morgan fingerprint density at radius 3 is 2.38 bits per heavy atom. The lowest BCUT2D eigenvalue weighted by Gasteiger charge is -2.44. The molecule has 0 radical (unpaired) electrons. The lowest BCUT2D eigenvalue weighted by Crippen LogP contribution is -2.50. The second kappa shape index (κ2) is 12.3. The van der Waals surface area contributed by atoms with E-state index in [2.05, 4.69) is 36.9 Å². The monoisotopic (exact) mass is 583 g/mol. The van der Waals surface area contributed by atoms with E-state index >= 15 is 0 Å². The van der Waals surface area contributed by atoms with Crippen LogP contribution in [0.15, 0.2) is 71.6 Å². The van der Waals surface area contributed by atoms with Crippen LogP contribution in [0.3, 0.4) is 0 Å². The number of hydrogen-bond donors (Lipinski definition) is 0. The van der Waals surface area contributed by atoms with E-state index in [1.165, 1.54) is 35.4 Å².